The highest BCUT2D eigenvalue weighted by Crippen LogP contribution is 2.38. The van der Waals surface area contributed by atoms with Gasteiger partial charge in [0.2, 0.25) is 11.8 Å². The largest absolute Gasteiger partial charge is 0.489 e. The van der Waals surface area contributed by atoms with Gasteiger partial charge in [-0.15, -0.1) is 0 Å². The molecule has 1 aliphatic heterocycles. The highest BCUT2D eigenvalue weighted by Gasteiger charge is 2.34. The monoisotopic (exact) mass is 574 g/mol. The summed E-state index contributed by atoms with van der Waals surface area (Å²) in [5.41, 5.74) is 1.25. The Bertz CT molecular complexity index is 1170. The van der Waals surface area contributed by atoms with Crippen LogP contribution < -0.4 is 10.1 Å². The van der Waals surface area contributed by atoms with Crippen molar-refractivity contribution in [3.8, 4) is 5.75 Å². The average Bonchev–Trinajstić information content (AvgIpc) is 3.44. The molecule has 2 aromatic carbocycles. The number of aliphatic carboxylic acids is 1. The molecule has 2 aromatic rings. The molecule has 4 rings (SSSR count). The lowest BCUT2D eigenvalue weighted by molar-refractivity contribution is -0.140. The molecule has 1 aliphatic carbocycles. The number of nitrogens with zero attached hydrogens (tertiary/aromatic N) is 1. The lowest BCUT2D eigenvalue weighted by Crippen LogP contribution is -2.49. The fourth-order valence-corrected chi connectivity index (χ4v) is 6.13. The van der Waals surface area contributed by atoms with Crippen molar-refractivity contribution in [2.45, 2.75) is 82.8 Å². The van der Waals surface area contributed by atoms with Gasteiger partial charge < -0.3 is 20.1 Å². The van der Waals surface area contributed by atoms with Gasteiger partial charge in [0.15, 0.2) is 0 Å². The Balaban J connectivity index is 1.39. The molecule has 2 N–H and O–H groups in total. The Kier molecular flexibility index (Phi) is 10.1. The first kappa shape index (κ1) is 29.2. The zero-order valence-electron chi connectivity index (χ0n) is 22.2. The molecule has 2 aliphatic rings. The first-order chi connectivity index (χ1) is 18.7. The van der Waals surface area contributed by atoms with Crippen LogP contribution in [0.25, 0.3) is 0 Å². The third kappa shape index (κ3) is 7.89. The number of carbonyl (C=O) groups is 3. The number of carboxylic acids is 1. The SMILES string of the molecule is C[C@@H]1C[C@H](Oc2cc(Cl)cc(NC(=O)C[C@@H](CCC(=O)O)c3ccccc3)c2Cl)CCN1C(=O)C1CCCC1. The van der Waals surface area contributed by atoms with E-state index in [1.165, 1.54) is 0 Å². The Hall–Kier alpha value is -2.77. The fourth-order valence-electron chi connectivity index (χ4n) is 5.73. The van der Waals surface area contributed by atoms with Gasteiger partial charge in [-0.25, -0.2) is 0 Å². The van der Waals surface area contributed by atoms with Crippen molar-refractivity contribution in [3.63, 3.8) is 0 Å². The molecule has 1 heterocycles. The molecule has 1 saturated heterocycles. The minimum Gasteiger partial charge on any atom is -0.489 e. The number of rotatable bonds is 10. The van der Waals surface area contributed by atoms with Gasteiger partial charge in [0.05, 0.1) is 5.69 Å². The van der Waals surface area contributed by atoms with E-state index in [1.54, 1.807) is 12.1 Å². The van der Waals surface area contributed by atoms with E-state index in [9.17, 15) is 14.4 Å². The Morgan fingerprint density at radius 2 is 1.82 bits per heavy atom. The van der Waals surface area contributed by atoms with E-state index in [-0.39, 0.29) is 53.7 Å². The third-order valence-corrected chi connectivity index (χ3v) is 8.40. The third-order valence-electron chi connectivity index (χ3n) is 7.80. The van der Waals surface area contributed by atoms with Crippen molar-refractivity contribution >= 4 is 46.7 Å². The van der Waals surface area contributed by atoms with Gasteiger partial charge in [-0.2, -0.15) is 0 Å². The number of carbonyl (C=O) groups excluding carboxylic acids is 2. The van der Waals surface area contributed by atoms with Gasteiger partial charge in [-0.3, -0.25) is 14.4 Å². The maximum Gasteiger partial charge on any atom is 0.303 e. The Morgan fingerprint density at radius 3 is 2.49 bits per heavy atom. The summed E-state index contributed by atoms with van der Waals surface area (Å²) in [7, 11) is 0. The molecule has 210 valence electrons. The Morgan fingerprint density at radius 1 is 1.10 bits per heavy atom. The molecule has 0 bridgehead atoms. The molecule has 9 heteroatoms. The molecule has 7 nitrogen and oxygen atoms in total. The average molecular weight is 576 g/mol. The van der Waals surface area contributed by atoms with E-state index < -0.39 is 5.97 Å². The summed E-state index contributed by atoms with van der Waals surface area (Å²) >= 11 is 13.0. The normalized spacial score (nSPS) is 20.4. The quantitative estimate of drug-likeness (QED) is 0.321. The standard InChI is InChI=1S/C30H36Cl2N2O5/c1-19-15-24(13-14-34(19)30(38)21-9-5-6-10-21)39-26-18-23(31)17-25(29(26)32)33-27(35)16-22(11-12-28(36)37)20-7-3-2-4-8-20/h2-4,7-8,17-19,21-22,24H,5-6,9-16H2,1H3,(H,33,35)(H,36,37)/t19-,22-,24-/m1/s1. The van der Waals surface area contributed by atoms with Crippen LogP contribution in [0.1, 0.15) is 76.2 Å². The first-order valence-electron chi connectivity index (χ1n) is 13.7. The molecule has 2 fully saturated rings. The highest BCUT2D eigenvalue weighted by molar-refractivity contribution is 6.37. The van der Waals surface area contributed by atoms with Crippen molar-refractivity contribution in [2.24, 2.45) is 5.92 Å². The van der Waals surface area contributed by atoms with Crippen LogP contribution in [-0.2, 0) is 14.4 Å². The number of anilines is 1. The maximum absolute atomic E-state index is 13.0. The second kappa shape index (κ2) is 13.5. The topological polar surface area (TPSA) is 95.9 Å². The van der Waals surface area contributed by atoms with Crippen LogP contribution in [0.4, 0.5) is 5.69 Å². The van der Waals surface area contributed by atoms with Gasteiger partial charge in [-0.05, 0) is 43.7 Å². The number of ether oxygens (including phenoxy) is 1. The summed E-state index contributed by atoms with van der Waals surface area (Å²) < 4.78 is 6.26. The van der Waals surface area contributed by atoms with Crippen LogP contribution in [0.2, 0.25) is 10.0 Å². The summed E-state index contributed by atoms with van der Waals surface area (Å²) in [5.74, 6) is -0.645. The van der Waals surface area contributed by atoms with Gasteiger partial charge in [0, 0.05) is 55.3 Å². The van der Waals surface area contributed by atoms with Crippen LogP contribution in [-0.4, -0.2) is 46.5 Å². The maximum atomic E-state index is 13.0. The fraction of sp³-hybridized carbons (Fsp3) is 0.500. The predicted molar refractivity (Wildman–Crippen MR) is 153 cm³/mol. The summed E-state index contributed by atoms with van der Waals surface area (Å²) in [6.45, 7) is 2.70. The van der Waals surface area contributed by atoms with Crippen molar-refractivity contribution in [1.29, 1.82) is 0 Å². The number of likely N-dealkylation sites (tertiary alicyclic amines) is 1. The van der Waals surface area contributed by atoms with E-state index >= 15 is 0 Å². The summed E-state index contributed by atoms with van der Waals surface area (Å²) in [6, 6.07) is 12.7. The number of hydrogen-bond acceptors (Lipinski definition) is 4. The molecule has 1 saturated carbocycles. The van der Waals surface area contributed by atoms with Crippen molar-refractivity contribution in [3.05, 3.63) is 58.1 Å². The lowest BCUT2D eigenvalue weighted by atomic mass is 9.91. The van der Waals surface area contributed by atoms with Crippen molar-refractivity contribution in [1.82, 2.24) is 4.90 Å². The Labute approximate surface area is 239 Å². The summed E-state index contributed by atoms with van der Waals surface area (Å²) in [4.78, 5) is 39.1. The molecule has 0 radical (unpaired) electrons. The van der Waals surface area contributed by atoms with Crippen LogP contribution >= 0.6 is 23.2 Å². The molecule has 3 atom stereocenters. The molecule has 0 aromatic heterocycles. The first-order valence-corrected chi connectivity index (χ1v) is 14.5. The molecule has 2 amide bonds. The molecule has 39 heavy (non-hydrogen) atoms. The van der Waals surface area contributed by atoms with Gasteiger partial charge in [0.1, 0.15) is 16.9 Å². The van der Waals surface area contributed by atoms with E-state index in [0.717, 1.165) is 31.2 Å². The van der Waals surface area contributed by atoms with Gasteiger partial charge in [-0.1, -0.05) is 66.4 Å². The van der Waals surface area contributed by atoms with Crippen LogP contribution in [0.5, 0.6) is 5.75 Å². The van der Waals surface area contributed by atoms with Crippen molar-refractivity contribution in [2.75, 3.05) is 11.9 Å². The predicted octanol–water partition coefficient (Wildman–Crippen LogP) is 6.92. The van der Waals surface area contributed by atoms with E-state index in [1.807, 2.05) is 35.2 Å². The zero-order chi connectivity index (χ0) is 27.9. The number of nitrogens with one attached hydrogen (secondary N) is 1. The number of hydrogen-bond donors (Lipinski definition) is 2. The summed E-state index contributed by atoms with van der Waals surface area (Å²) in [5, 5.41) is 12.6. The lowest BCUT2D eigenvalue weighted by Gasteiger charge is -2.39. The number of carboxylic acid groups (broad SMARTS) is 1. The van der Waals surface area contributed by atoms with Crippen LogP contribution in [0.3, 0.4) is 0 Å². The highest BCUT2D eigenvalue weighted by atomic mass is 35.5. The van der Waals surface area contributed by atoms with Crippen LogP contribution in [0.15, 0.2) is 42.5 Å². The molecular weight excluding hydrogens is 539 g/mol. The van der Waals surface area contributed by atoms with Crippen molar-refractivity contribution < 1.29 is 24.2 Å². The molecule has 0 unspecified atom stereocenters. The molecular formula is C30H36Cl2N2O5. The minimum absolute atomic E-state index is 0.0355. The van der Waals surface area contributed by atoms with Gasteiger partial charge >= 0.3 is 5.97 Å². The second-order valence-electron chi connectivity index (χ2n) is 10.7. The zero-order valence-corrected chi connectivity index (χ0v) is 23.7. The van der Waals surface area contributed by atoms with E-state index in [4.69, 9.17) is 33.0 Å². The smallest absolute Gasteiger partial charge is 0.303 e. The number of halogens is 2. The van der Waals surface area contributed by atoms with E-state index in [2.05, 4.69) is 12.2 Å². The number of amides is 2. The summed E-state index contributed by atoms with van der Waals surface area (Å²) in [6.07, 6.45) is 5.88. The molecule has 0 spiro atoms. The number of piperidine rings is 1. The number of benzene rings is 2. The van der Waals surface area contributed by atoms with Gasteiger partial charge in [0.25, 0.3) is 0 Å². The van der Waals surface area contributed by atoms with E-state index in [0.29, 0.717) is 42.3 Å². The second-order valence-corrected chi connectivity index (χ2v) is 11.5. The minimum atomic E-state index is -0.904. The van der Waals surface area contributed by atoms with Crippen LogP contribution in [0, 0.1) is 5.92 Å².